The van der Waals surface area contributed by atoms with Crippen molar-refractivity contribution in [1.29, 1.82) is 0 Å². The number of phenols is 1. The molecular weight excluding hydrogens is 194 g/mol. The zero-order valence-electron chi connectivity index (χ0n) is 7.65. The lowest BCUT2D eigenvalue weighted by Crippen LogP contribution is -1.93. The van der Waals surface area contributed by atoms with E-state index in [9.17, 15) is 9.90 Å². The lowest BCUT2D eigenvalue weighted by atomic mass is 10.1. The SMILES string of the molecule is O=c1[nH]c2c(ccc3ccc(O)cc32)o1. The molecule has 0 radical (unpaired) electrons. The number of hydrogen-bond donors (Lipinski definition) is 2. The number of benzene rings is 2. The average molecular weight is 201 g/mol. The summed E-state index contributed by atoms with van der Waals surface area (Å²) in [6, 6.07) is 8.56. The smallest absolute Gasteiger partial charge is 0.417 e. The molecule has 0 spiro atoms. The fraction of sp³-hybridized carbons (Fsp3) is 0. The Bertz CT molecular complexity index is 708. The Morgan fingerprint density at radius 1 is 1.20 bits per heavy atom. The van der Waals surface area contributed by atoms with Crippen LogP contribution in [0.5, 0.6) is 5.75 Å². The average Bonchev–Trinajstić information content (AvgIpc) is 2.58. The molecule has 0 bridgehead atoms. The van der Waals surface area contributed by atoms with Crippen molar-refractivity contribution >= 4 is 21.9 Å². The number of nitrogens with one attached hydrogen (secondary N) is 1. The van der Waals surface area contributed by atoms with Crippen molar-refractivity contribution in [2.75, 3.05) is 0 Å². The molecule has 3 aromatic rings. The van der Waals surface area contributed by atoms with Gasteiger partial charge in [-0.2, -0.15) is 0 Å². The van der Waals surface area contributed by atoms with Gasteiger partial charge >= 0.3 is 5.76 Å². The van der Waals surface area contributed by atoms with Crippen molar-refractivity contribution < 1.29 is 9.52 Å². The topological polar surface area (TPSA) is 66.2 Å². The minimum absolute atomic E-state index is 0.164. The molecule has 15 heavy (non-hydrogen) atoms. The second-order valence-electron chi connectivity index (χ2n) is 3.36. The van der Waals surface area contributed by atoms with Crippen molar-refractivity contribution in [2.45, 2.75) is 0 Å². The van der Waals surface area contributed by atoms with Crippen LogP contribution in [0, 0.1) is 0 Å². The summed E-state index contributed by atoms with van der Waals surface area (Å²) >= 11 is 0. The van der Waals surface area contributed by atoms with Crippen molar-refractivity contribution in [3.63, 3.8) is 0 Å². The maximum atomic E-state index is 11.0. The Morgan fingerprint density at radius 3 is 2.87 bits per heavy atom. The molecular formula is C11H7NO3. The maximum absolute atomic E-state index is 11.0. The van der Waals surface area contributed by atoms with Gasteiger partial charge in [-0.3, -0.25) is 4.98 Å². The predicted molar refractivity (Wildman–Crippen MR) is 56.0 cm³/mol. The van der Waals surface area contributed by atoms with Crippen LogP contribution in [0.15, 0.2) is 39.5 Å². The van der Waals surface area contributed by atoms with E-state index in [4.69, 9.17) is 4.42 Å². The summed E-state index contributed by atoms with van der Waals surface area (Å²) in [7, 11) is 0. The third kappa shape index (κ3) is 1.11. The molecule has 0 aliphatic heterocycles. The Labute approximate surface area is 83.8 Å². The van der Waals surface area contributed by atoms with E-state index in [1.54, 1.807) is 24.3 Å². The third-order valence-corrected chi connectivity index (χ3v) is 2.40. The van der Waals surface area contributed by atoms with E-state index in [0.717, 1.165) is 10.8 Å². The first-order valence-corrected chi connectivity index (χ1v) is 4.48. The van der Waals surface area contributed by atoms with E-state index in [-0.39, 0.29) is 5.75 Å². The molecule has 0 unspecified atom stereocenters. The third-order valence-electron chi connectivity index (χ3n) is 2.40. The van der Waals surface area contributed by atoms with Crippen molar-refractivity contribution in [3.05, 3.63) is 40.9 Å². The standard InChI is InChI=1S/C11H7NO3/c13-7-3-1-6-2-4-9-10(8(6)5-7)12-11(14)15-9/h1-5,13H,(H,12,14). The fourth-order valence-electron chi connectivity index (χ4n) is 1.73. The zero-order valence-corrected chi connectivity index (χ0v) is 7.65. The monoisotopic (exact) mass is 201 g/mol. The molecule has 0 aliphatic rings. The molecule has 3 rings (SSSR count). The highest BCUT2D eigenvalue weighted by molar-refractivity contribution is 6.03. The van der Waals surface area contributed by atoms with E-state index < -0.39 is 5.76 Å². The molecule has 2 N–H and O–H groups in total. The van der Waals surface area contributed by atoms with Crippen LogP contribution in [0.4, 0.5) is 0 Å². The molecule has 4 heteroatoms. The van der Waals surface area contributed by atoms with Gasteiger partial charge in [0, 0.05) is 5.39 Å². The first-order valence-electron chi connectivity index (χ1n) is 4.48. The van der Waals surface area contributed by atoms with Gasteiger partial charge in [-0.25, -0.2) is 4.79 Å². The van der Waals surface area contributed by atoms with Crippen molar-refractivity contribution in [2.24, 2.45) is 0 Å². The van der Waals surface area contributed by atoms with Gasteiger partial charge in [-0.05, 0) is 23.6 Å². The first-order chi connectivity index (χ1) is 7.24. The molecule has 0 fully saturated rings. The van der Waals surface area contributed by atoms with Crippen LogP contribution < -0.4 is 5.76 Å². The summed E-state index contributed by atoms with van der Waals surface area (Å²) in [5.41, 5.74) is 1.12. The van der Waals surface area contributed by atoms with Crippen LogP contribution in [-0.4, -0.2) is 10.1 Å². The highest BCUT2D eigenvalue weighted by atomic mass is 16.4. The van der Waals surface area contributed by atoms with Gasteiger partial charge in [0.2, 0.25) is 0 Å². The van der Waals surface area contributed by atoms with E-state index in [1.807, 2.05) is 6.07 Å². The first kappa shape index (κ1) is 8.11. The van der Waals surface area contributed by atoms with Gasteiger partial charge in [0.1, 0.15) is 5.75 Å². The van der Waals surface area contributed by atoms with Crippen molar-refractivity contribution in [1.82, 2.24) is 4.98 Å². The van der Waals surface area contributed by atoms with Gasteiger partial charge in [-0.1, -0.05) is 12.1 Å². The quantitative estimate of drug-likeness (QED) is 0.584. The second kappa shape index (κ2) is 2.63. The normalized spacial score (nSPS) is 11.2. The maximum Gasteiger partial charge on any atom is 0.417 e. The largest absolute Gasteiger partial charge is 0.508 e. The fourth-order valence-corrected chi connectivity index (χ4v) is 1.73. The zero-order chi connectivity index (χ0) is 10.4. The summed E-state index contributed by atoms with van der Waals surface area (Å²) in [5.74, 6) is -0.321. The summed E-state index contributed by atoms with van der Waals surface area (Å²) in [6.07, 6.45) is 0. The minimum Gasteiger partial charge on any atom is -0.508 e. The number of fused-ring (bicyclic) bond motifs is 3. The van der Waals surface area contributed by atoms with Crippen LogP contribution >= 0.6 is 0 Å². The number of oxazole rings is 1. The number of phenolic OH excluding ortho intramolecular Hbond substituents is 1. The summed E-state index contributed by atoms with van der Waals surface area (Å²) in [5, 5.41) is 11.1. The summed E-state index contributed by atoms with van der Waals surface area (Å²) < 4.78 is 4.92. The number of aromatic amines is 1. The molecule has 0 aliphatic carbocycles. The molecule has 2 aromatic carbocycles. The van der Waals surface area contributed by atoms with Gasteiger partial charge in [-0.15, -0.1) is 0 Å². The van der Waals surface area contributed by atoms with Crippen LogP contribution in [0.2, 0.25) is 0 Å². The van der Waals surface area contributed by atoms with Crippen LogP contribution in [-0.2, 0) is 0 Å². The lowest BCUT2D eigenvalue weighted by Gasteiger charge is -1.98. The van der Waals surface area contributed by atoms with Crippen molar-refractivity contribution in [3.8, 4) is 5.75 Å². The predicted octanol–water partition coefficient (Wildman–Crippen LogP) is 1.98. The van der Waals surface area contributed by atoms with Crippen LogP contribution in [0.25, 0.3) is 21.9 Å². The van der Waals surface area contributed by atoms with Gasteiger partial charge in [0.25, 0.3) is 0 Å². The molecule has 0 saturated heterocycles. The molecule has 74 valence electrons. The molecule has 0 amide bonds. The van der Waals surface area contributed by atoms with Gasteiger partial charge in [0.05, 0.1) is 5.52 Å². The van der Waals surface area contributed by atoms with Crippen LogP contribution in [0.3, 0.4) is 0 Å². The van der Waals surface area contributed by atoms with E-state index in [2.05, 4.69) is 4.98 Å². The number of aromatic nitrogens is 1. The molecule has 4 nitrogen and oxygen atoms in total. The number of aromatic hydroxyl groups is 1. The van der Waals surface area contributed by atoms with E-state index in [0.29, 0.717) is 11.1 Å². The molecule has 0 atom stereocenters. The molecule has 1 aromatic heterocycles. The minimum atomic E-state index is -0.485. The Morgan fingerprint density at radius 2 is 2.00 bits per heavy atom. The summed E-state index contributed by atoms with van der Waals surface area (Å²) in [4.78, 5) is 13.6. The summed E-state index contributed by atoms with van der Waals surface area (Å²) in [6.45, 7) is 0. The second-order valence-corrected chi connectivity index (χ2v) is 3.36. The van der Waals surface area contributed by atoms with Gasteiger partial charge in [0.15, 0.2) is 5.58 Å². The number of hydrogen-bond acceptors (Lipinski definition) is 3. The Kier molecular flexibility index (Phi) is 1.42. The number of rotatable bonds is 0. The Hall–Kier alpha value is -2.23. The highest BCUT2D eigenvalue weighted by Gasteiger charge is 2.05. The van der Waals surface area contributed by atoms with Gasteiger partial charge < -0.3 is 9.52 Å². The molecule has 1 heterocycles. The molecule has 0 saturated carbocycles. The van der Waals surface area contributed by atoms with Crippen LogP contribution in [0.1, 0.15) is 0 Å². The Balaban J connectivity index is 2.62. The lowest BCUT2D eigenvalue weighted by molar-refractivity contribution is 0.476. The highest BCUT2D eigenvalue weighted by Crippen LogP contribution is 2.26. The van der Waals surface area contributed by atoms with E-state index >= 15 is 0 Å². The number of H-pyrrole nitrogens is 1. The van der Waals surface area contributed by atoms with E-state index in [1.165, 1.54) is 0 Å².